The van der Waals surface area contributed by atoms with Crippen LogP contribution in [-0.2, 0) is 13.1 Å². The van der Waals surface area contributed by atoms with E-state index in [2.05, 4.69) is 17.9 Å². The smallest absolute Gasteiger partial charge is 0.123 e. The Morgan fingerprint density at radius 1 is 1.14 bits per heavy atom. The fourth-order valence-electron chi connectivity index (χ4n) is 2.31. The number of nitrogens with two attached hydrogens (primary N) is 1. The SMILES string of the molecule is CCN(Cc1ccc(CN)c(OC)c1)c1ccc(F)cc1. The van der Waals surface area contributed by atoms with Gasteiger partial charge in [0.1, 0.15) is 11.6 Å². The zero-order valence-corrected chi connectivity index (χ0v) is 12.5. The van der Waals surface area contributed by atoms with Gasteiger partial charge in [-0.15, -0.1) is 0 Å². The van der Waals surface area contributed by atoms with Gasteiger partial charge in [0.15, 0.2) is 0 Å². The lowest BCUT2D eigenvalue weighted by Gasteiger charge is -2.23. The zero-order valence-electron chi connectivity index (χ0n) is 12.5. The fourth-order valence-corrected chi connectivity index (χ4v) is 2.31. The first kappa shape index (κ1) is 15.3. The maximum atomic E-state index is 13.0. The second kappa shape index (κ2) is 7.09. The van der Waals surface area contributed by atoms with Crippen molar-refractivity contribution in [3.8, 4) is 5.75 Å². The maximum absolute atomic E-state index is 13.0. The van der Waals surface area contributed by atoms with Crippen LogP contribution in [0.2, 0.25) is 0 Å². The van der Waals surface area contributed by atoms with Gasteiger partial charge in [-0.1, -0.05) is 12.1 Å². The van der Waals surface area contributed by atoms with Crippen LogP contribution in [0.15, 0.2) is 42.5 Å². The van der Waals surface area contributed by atoms with E-state index < -0.39 is 0 Å². The standard InChI is InChI=1S/C17H21FN2O/c1-3-20(16-8-6-15(18)7-9-16)12-13-4-5-14(11-19)17(10-13)21-2/h4-10H,3,11-12,19H2,1-2H3. The third-order valence-corrected chi connectivity index (χ3v) is 3.52. The molecule has 2 aromatic carbocycles. The van der Waals surface area contributed by atoms with Crippen LogP contribution in [0.25, 0.3) is 0 Å². The molecule has 2 rings (SSSR count). The van der Waals surface area contributed by atoms with Crippen LogP contribution in [0.4, 0.5) is 10.1 Å². The van der Waals surface area contributed by atoms with Gasteiger partial charge in [-0.3, -0.25) is 0 Å². The highest BCUT2D eigenvalue weighted by atomic mass is 19.1. The molecule has 0 bridgehead atoms. The highest BCUT2D eigenvalue weighted by molar-refractivity contribution is 5.47. The van der Waals surface area contributed by atoms with Crippen molar-refractivity contribution in [2.75, 3.05) is 18.6 Å². The van der Waals surface area contributed by atoms with Gasteiger partial charge in [-0.25, -0.2) is 4.39 Å². The molecule has 0 amide bonds. The van der Waals surface area contributed by atoms with E-state index in [1.807, 2.05) is 12.1 Å². The van der Waals surface area contributed by atoms with Gasteiger partial charge in [-0.05, 0) is 42.8 Å². The number of benzene rings is 2. The lowest BCUT2D eigenvalue weighted by atomic mass is 10.1. The summed E-state index contributed by atoms with van der Waals surface area (Å²) in [5.41, 5.74) is 8.81. The summed E-state index contributed by atoms with van der Waals surface area (Å²) >= 11 is 0. The molecule has 0 saturated carbocycles. The monoisotopic (exact) mass is 288 g/mol. The van der Waals surface area contributed by atoms with Gasteiger partial charge in [0.25, 0.3) is 0 Å². The molecular weight excluding hydrogens is 267 g/mol. The van der Waals surface area contributed by atoms with Crippen molar-refractivity contribution >= 4 is 5.69 Å². The molecule has 112 valence electrons. The van der Waals surface area contributed by atoms with Gasteiger partial charge >= 0.3 is 0 Å². The number of hydrogen-bond acceptors (Lipinski definition) is 3. The van der Waals surface area contributed by atoms with Crippen molar-refractivity contribution in [3.63, 3.8) is 0 Å². The maximum Gasteiger partial charge on any atom is 0.123 e. The molecular formula is C17H21FN2O. The molecule has 0 atom stereocenters. The van der Waals surface area contributed by atoms with Crippen LogP contribution in [0.3, 0.4) is 0 Å². The van der Waals surface area contributed by atoms with Crippen LogP contribution in [0.1, 0.15) is 18.1 Å². The van der Waals surface area contributed by atoms with Gasteiger partial charge in [-0.2, -0.15) is 0 Å². The van der Waals surface area contributed by atoms with Crippen LogP contribution >= 0.6 is 0 Å². The van der Waals surface area contributed by atoms with Crippen molar-refractivity contribution in [2.45, 2.75) is 20.0 Å². The number of hydrogen-bond donors (Lipinski definition) is 1. The summed E-state index contributed by atoms with van der Waals surface area (Å²) in [6.45, 7) is 4.11. The van der Waals surface area contributed by atoms with E-state index in [0.29, 0.717) is 6.54 Å². The summed E-state index contributed by atoms with van der Waals surface area (Å²) < 4.78 is 18.4. The molecule has 0 aliphatic heterocycles. The Bertz CT molecular complexity index is 584. The third kappa shape index (κ3) is 3.73. The first-order valence-corrected chi connectivity index (χ1v) is 7.04. The van der Waals surface area contributed by atoms with Crippen LogP contribution < -0.4 is 15.4 Å². The van der Waals surface area contributed by atoms with E-state index in [4.69, 9.17) is 10.5 Å². The molecule has 0 aliphatic carbocycles. The molecule has 4 heteroatoms. The van der Waals surface area contributed by atoms with Crippen molar-refractivity contribution in [2.24, 2.45) is 5.73 Å². The number of rotatable bonds is 6. The molecule has 0 saturated heterocycles. The molecule has 0 fully saturated rings. The van der Waals surface area contributed by atoms with E-state index in [9.17, 15) is 4.39 Å². The predicted molar refractivity (Wildman–Crippen MR) is 84.0 cm³/mol. The molecule has 0 aromatic heterocycles. The van der Waals surface area contributed by atoms with Crippen molar-refractivity contribution in [1.29, 1.82) is 0 Å². The third-order valence-electron chi connectivity index (χ3n) is 3.52. The lowest BCUT2D eigenvalue weighted by molar-refractivity contribution is 0.409. The van der Waals surface area contributed by atoms with E-state index in [1.54, 1.807) is 19.2 Å². The lowest BCUT2D eigenvalue weighted by Crippen LogP contribution is -2.22. The Morgan fingerprint density at radius 2 is 1.86 bits per heavy atom. The largest absolute Gasteiger partial charge is 0.496 e. The van der Waals surface area contributed by atoms with E-state index >= 15 is 0 Å². The number of anilines is 1. The first-order chi connectivity index (χ1) is 10.2. The molecule has 0 aliphatic rings. The molecule has 0 radical (unpaired) electrons. The first-order valence-electron chi connectivity index (χ1n) is 7.04. The molecule has 0 spiro atoms. The summed E-state index contributed by atoms with van der Waals surface area (Å²) in [4.78, 5) is 2.18. The Morgan fingerprint density at radius 3 is 2.43 bits per heavy atom. The summed E-state index contributed by atoms with van der Waals surface area (Å²) in [5, 5.41) is 0. The van der Waals surface area contributed by atoms with Crippen molar-refractivity contribution < 1.29 is 9.13 Å². The molecule has 0 unspecified atom stereocenters. The minimum Gasteiger partial charge on any atom is -0.496 e. The van der Waals surface area contributed by atoms with Gasteiger partial charge in [0, 0.05) is 30.9 Å². The topological polar surface area (TPSA) is 38.5 Å². The zero-order chi connectivity index (χ0) is 15.2. The van der Waals surface area contributed by atoms with E-state index in [1.165, 1.54) is 12.1 Å². The van der Waals surface area contributed by atoms with Crippen LogP contribution in [0, 0.1) is 5.82 Å². The Balaban J connectivity index is 2.20. The number of nitrogens with zero attached hydrogens (tertiary/aromatic N) is 1. The molecule has 2 N–H and O–H groups in total. The van der Waals surface area contributed by atoms with Crippen molar-refractivity contribution in [1.82, 2.24) is 0 Å². The van der Waals surface area contributed by atoms with Gasteiger partial charge in [0.05, 0.1) is 7.11 Å². The van der Waals surface area contributed by atoms with E-state index in [-0.39, 0.29) is 5.82 Å². The minimum atomic E-state index is -0.219. The average molecular weight is 288 g/mol. The highest BCUT2D eigenvalue weighted by Gasteiger charge is 2.08. The quantitative estimate of drug-likeness (QED) is 0.886. The number of halogens is 1. The summed E-state index contributed by atoms with van der Waals surface area (Å²) in [6, 6.07) is 12.6. The second-order valence-corrected chi connectivity index (χ2v) is 4.84. The molecule has 2 aromatic rings. The van der Waals surface area contributed by atoms with Crippen LogP contribution in [-0.4, -0.2) is 13.7 Å². The van der Waals surface area contributed by atoms with Crippen LogP contribution in [0.5, 0.6) is 5.75 Å². The average Bonchev–Trinajstić information content (AvgIpc) is 2.53. The summed E-state index contributed by atoms with van der Waals surface area (Å²) in [6.07, 6.45) is 0. The molecule has 21 heavy (non-hydrogen) atoms. The molecule has 0 heterocycles. The highest BCUT2D eigenvalue weighted by Crippen LogP contribution is 2.23. The number of methoxy groups -OCH3 is 1. The fraction of sp³-hybridized carbons (Fsp3) is 0.294. The summed E-state index contributed by atoms with van der Waals surface area (Å²) in [7, 11) is 1.65. The van der Waals surface area contributed by atoms with Gasteiger partial charge in [0.2, 0.25) is 0 Å². The van der Waals surface area contributed by atoms with Crippen molar-refractivity contribution in [3.05, 3.63) is 59.4 Å². The van der Waals surface area contributed by atoms with E-state index in [0.717, 1.165) is 35.7 Å². The minimum absolute atomic E-state index is 0.219. The second-order valence-electron chi connectivity index (χ2n) is 4.84. The molecule has 3 nitrogen and oxygen atoms in total. The predicted octanol–water partition coefficient (Wildman–Crippen LogP) is 3.32. The normalized spacial score (nSPS) is 10.5. The Kier molecular flexibility index (Phi) is 5.17. The van der Waals surface area contributed by atoms with Gasteiger partial charge < -0.3 is 15.4 Å². The Labute approximate surface area is 125 Å². The Hall–Kier alpha value is -2.07. The summed E-state index contributed by atoms with van der Waals surface area (Å²) in [5.74, 6) is 0.592. The number of ether oxygens (including phenoxy) is 1.